The average molecular weight is 314 g/mol. The van der Waals surface area contributed by atoms with Gasteiger partial charge in [0.15, 0.2) is 0 Å². The number of ether oxygens (including phenoxy) is 1. The van der Waals surface area contributed by atoms with Crippen molar-refractivity contribution in [1.82, 2.24) is 9.80 Å². The number of aromatic hydroxyl groups is 1. The number of fused-ring (bicyclic) bond motifs is 1. The molecule has 0 atom stereocenters. The van der Waals surface area contributed by atoms with Crippen molar-refractivity contribution in [3.05, 3.63) is 59.7 Å². The predicted octanol–water partition coefficient (Wildman–Crippen LogP) is 2.00. The van der Waals surface area contributed by atoms with Crippen molar-refractivity contribution in [3.8, 4) is 11.5 Å². The largest absolute Gasteiger partial charge is 0.508 e. The second-order valence-electron chi connectivity index (χ2n) is 5.76. The van der Waals surface area contributed by atoms with Crippen LogP contribution in [0.25, 0.3) is 0 Å². The minimum absolute atomic E-state index is 0.0420. The first kappa shape index (κ1) is 15.8. The Hall–Kier alpha value is -2.08. The lowest BCUT2D eigenvalue weighted by Gasteiger charge is -2.30. The van der Waals surface area contributed by atoms with E-state index in [0.717, 1.165) is 24.4 Å². The lowest BCUT2D eigenvalue weighted by Crippen LogP contribution is -2.39. The van der Waals surface area contributed by atoms with Crippen LogP contribution in [0.4, 0.5) is 0 Å². The first-order valence-electron chi connectivity index (χ1n) is 7.79. The number of aliphatic hydroxyl groups is 1. The molecule has 3 rings (SSSR count). The number of rotatable bonds is 6. The van der Waals surface area contributed by atoms with Crippen molar-refractivity contribution in [2.75, 3.05) is 26.6 Å². The fourth-order valence-electron chi connectivity index (χ4n) is 2.73. The van der Waals surface area contributed by atoms with E-state index in [1.54, 1.807) is 12.1 Å². The molecule has 5 nitrogen and oxygen atoms in total. The topological polar surface area (TPSA) is 56.2 Å². The highest BCUT2D eigenvalue weighted by Gasteiger charge is 2.17. The molecular formula is C18H22N2O3. The number of nitrogens with zero attached hydrogens (tertiary/aromatic N) is 2. The minimum atomic E-state index is -0.0420. The second-order valence-corrected chi connectivity index (χ2v) is 5.76. The van der Waals surface area contributed by atoms with E-state index in [1.165, 1.54) is 5.56 Å². The molecular weight excluding hydrogens is 292 g/mol. The summed E-state index contributed by atoms with van der Waals surface area (Å²) in [5.41, 5.74) is 2.01. The summed E-state index contributed by atoms with van der Waals surface area (Å²) in [5.74, 6) is 1.22. The Bertz CT molecular complexity index is 648. The molecule has 0 fully saturated rings. The number of hydrogen-bond donors (Lipinski definition) is 2. The van der Waals surface area contributed by atoms with Gasteiger partial charge in [0, 0.05) is 37.3 Å². The fourth-order valence-corrected chi connectivity index (χ4v) is 2.73. The number of para-hydroxylation sites is 2. The van der Waals surface area contributed by atoms with Crippen LogP contribution in [-0.2, 0) is 13.1 Å². The van der Waals surface area contributed by atoms with Gasteiger partial charge in [0.05, 0.1) is 6.73 Å². The van der Waals surface area contributed by atoms with Gasteiger partial charge in [-0.1, -0.05) is 36.4 Å². The first-order chi connectivity index (χ1) is 11.3. The van der Waals surface area contributed by atoms with E-state index in [4.69, 9.17) is 4.74 Å². The van der Waals surface area contributed by atoms with Gasteiger partial charge in [0.25, 0.3) is 0 Å². The van der Waals surface area contributed by atoms with E-state index in [2.05, 4.69) is 11.0 Å². The van der Waals surface area contributed by atoms with Crippen LogP contribution in [0.15, 0.2) is 48.5 Å². The molecule has 1 aliphatic heterocycles. The van der Waals surface area contributed by atoms with Gasteiger partial charge < -0.3 is 14.9 Å². The molecule has 0 radical (unpaired) electrons. The summed E-state index contributed by atoms with van der Waals surface area (Å²) in [6.45, 7) is 3.39. The molecule has 0 aliphatic carbocycles. The Morgan fingerprint density at radius 1 is 1.09 bits per heavy atom. The third-order valence-corrected chi connectivity index (χ3v) is 4.09. The second kappa shape index (κ2) is 7.46. The minimum Gasteiger partial charge on any atom is -0.508 e. The summed E-state index contributed by atoms with van der Waals surface area (Å²) in [7, 11) is 0. The highest BCUT2D eigenvalue weighted by atomic mass is 16.5. The van der Waals surface area contributed by atoms with Crippen molar-refractivity contribution in [2.24, 2.45) is 0 Å². The van der Waals surface area contributed by atoms with Crippen LogP contribution >= 0.6 is 0 Å². The number of hydrogen-bond acceptors (Lipinski definition) is 5. The first-order valence-corrected chi connectivity index (χ1v) is 7.79. The van der Waals surface area contributed by atoms with E-state index >= 15 is 0 Å². The molecule has 0 aromatic heterocycles. The quantitative estimate of drug-likeness (QED) is 0.799. The van der Waals surface area contributed by atoms with Crippen molar-refractivity contribution in [1.29, 1.82) is 0 Å². The summed E-state index contributed by atoms with van der Waals surface area (Å²) in [5, 5.41) is 19.4. The highest BCUT2D eigenvalue weighted by molar-refractivity contribution is 5.34. The van der Waals surface area contributed by atoms with Crippen LogP contribution in [0.3, 0.4) is 0 Å². The molecule has 0 unspecified atom stereocenters. The standard InChI is InChI=1S/C18H22N2O3/c21-13-19(11-15-5-1-3-7-17(15)22)9-10-20-12-16-6-2-4-8-18(16)23-14-20/h1-8,21-22H,9-14H2. The van der Waals surface area contributed by atoms with E-state index < -0.39 is 0 Å². The monoisotopic (exact) mass is 314 g/mol. The van der Waals surface area contributed by atoms with Gasteiger partial charge in [-0.3, -0.25) is 9.80 Å². The van der Waals surface area contributed by atoms with Crippen LogP contribution in [0, 0.1) is 0 Å². The van der Waals surface area contributed by atoms with Gasteiger partial charge in [-0.2, -0.15) is 0 Å². The molecule has 2 aromatic rings. The Morgan fingerprint density at radius 2 is 1.87 bits per heavy atom. The fraction of sp³-hybridized carbons (Fsp3) is 0.333. The summed E-state index contributed by atoms with van der Waals surface area (Å²) >= 11 is 0. The van der Waals surface area contributed by atoms with Crippen LogP contribution in [0.1, 0.15) is 11.1 Å². The zero-order valence-corrected chi connectivity index (χ0v) is 13.1. The van der Waals surface area contributed by atoms with Crippen LogP contribution in [-0.4, -0.2) is 46.6 Å². The van der Waals surface area contributed by atoms with Crippen molar-refractivity contribution in [3.63, 3.8) is 0 Å². The number of phenolic OH excluding ortho intramolecular Hbond substituents is 1. The molecule has 2 aromatic carbocycles. The molecule has 1 heterocycles. The van der Waals surface area contributed by atoms with Crippen molar-refractivity contribution >= 4 is 0 Å². The molecule has 122 valence electrons. The van der Waals surface area contributed by atoms with Gasteiger partial charge in [-0.05, 0) is 12.1 Å². The van der Waals surface area contributed by atoms with E-state index in [9.17, 15) is 10.2 Å². The SMILES string of the molecule is OCN(CCN1COc2ccccc2C1)Cc1ccccc1O. The molecule has 5 heteroatoms. The Kier molecular flexibility index (Phi) is 5.12. The summed E-state index contributed by atoms with van der Waals surface area (Å²) < 4.78 is 5.74. The number of benzene rings is 2. The Morgan fingerprint density at radius 3 is 2.70 bits per heavy atom. The van der Waals surface area contributed by atoms with Gasteiger partial charge in [0.2, 0.25) is 0 Å². The lowest BCUT2D eigenvalue weighted by atomic mass is 10.1. The number of phenols is 1. The zero-order valence-electron chi connectivity index (χ0n) is 13.1. The average Bonchev–Trinajstić information content (AvgIpc) is 2.60. The summed E-state index contributed by atoms with van der Waals surface area (Å²) in [4.78, 5) is 4.10. The molecule has 0 amide bonds. The van der Waals surface area contributed by atoms with Gasteiger partial charge >= 0.3 is 0 Å². The molecule has 0 saturated carbocycles. The highest BCUT2D eigenvalue weighted by Crippen LogP contribution is 2.24. The normalized spacial score (nSPS) is 14.5. The van der Waals surface area contributed by atoms with Gasteiger partial charge in [0.1, 0.15) is 18.2 Å². The lowest BCUT2D eigenvalue weighted by molar-refractivity contribution is 0.0542. The zero-order chi connectivity index (χ0) is 16.1. The molecule has 0 spiro atoms. The van der Waals surface area contributed by atoms with Crippen LogP contribution in [0.2, 0.25) is 0 Å². The number of aliphatic hydroxyl groups excluding tert-OH is 1. The molecule has 0 saturated heterocycles. The maximum absolute atomic E-state index is 9.84. The summed E-state index contributed by atoms with van der Waals surface area (Å²) in [6, 6.07) is 15.3. The van der Waals surface area contributed by atoms with Crippen LogP contribution in [0.5, 0.6) is 11.5 Å². The Balaban J connectivity index is 1.54. The predicted molar refractivity (Wildman–Crippen MR) is 87.9 cm³/mol. The van der Waals surface area contributed by atoms with E-state index in [1.807, 2.05) is 35.2 Å². The van der Waals surface area contributed by atoms with E-state index in [-0.39, 0.29) is 12.5 Å². The maximum atomic E-state index is 9.84. The smallest absolute Gasteiger partial charge is 0.142 e. The van der Waals surface area contributed by atoms with Gasteiger partial charge in [-0.25, -0.2) is 0 Å². The molecule has 1 aliphatic rings. The third-order valence-electron chi connectivity index (χ3n) is 4.09. The molecule has 23 heavy (non-hydrogen) atoms. The third kappa shape index (κ3) is 4.01. The maximum Gasteiger partial charge on any atom is 0.142 e. The van der Waals surface area contributed by atoms with Crippen LogP contribution < -0.4 is 4.74 Å². The Labute approximate surface area is 136 Å². The van der Waals surface area contributed by atoms with Crippen molar-refractivity contribution < 1.29 is 14.9 Å². The van der Waals surface area contributed by atoms with E-state index in [0.29, 0.717) is 19.8 Å². The molecule has 0 bridgehead atoms. The summed E-state index contributed by atoms with van der Waals surface area (Å²) in [6.07, 6.45) is 0. The van der Waals surface area contributed by atoms with Crippen molar-refractivity contribution in [2.45, 2.75) is 13.1 Å². The van der Waals surface area contributed by atoms with Gasteiger partial charge in [-0.15, -0.1) is 0 Å². The molecule has 2 N–H and O–H groups in total.